The molecule has 1 atom stereocenters. The van der Waals surface area contributed by atoms with Gasteiger partial charge in [0.2, 0.25) is 0 Å². The largest absolute Gasteiger partial charge is 0.462 e. The normalized spacial score (nSPS) is 12.8. The zero-order chi connectivity index (χ0) is 45.1. The molecule has 6 heteroatoms. The third-order valence-corrected chi connectivity index (χ3v) is 10.6. The lowest BCUT2D eigenvalue weighted by atomic mass is 10.1. The number of carbonyl (C=O) groups excluding carboxylic acids is 3. The lowest BCUT2D eigenvalue weighted by Crippen LogP contribution is -2.30. The summed E-state index contributed by atoms with van der Waals surface area (Å²) in [6.07, 6.45) is 64.4. The first-order chi connectivity index (χ1) is 30.5. The molecule has 1 unspecified atom stereocenters. The van der Waals surface area contributed by atoms with Crippen LogP contribution in [0.15, 0.2) is 85.1 Å². The quantitative estimate of drug-likeness (QED) is 0.0263. The van der Waals surface area contributed by atoms with Gasteiger partial charge in [-0.1, -0.05) is 209 Å². The Labute approximate surface area is 382 Å². The molecule has 0 spiro atoms. The van der Waals surface area contributed by atoms with Crippen LogP contribution in [0.5, 0.6) is 0 Å². The van der Waals surface area contributed by atoms with Crippen LogP contribution in [0.25, 0.3) is 0 Å². The van der Waals surface area contributed by atoms with Crippen molar-refractivity contribution in [3.05, 3.63) is 85.1 Å². The van der Waals surface area contributed by atoms with E-state index in [1.165, 1.54) is 83.5 Å². The van der Waals surface area contributed by atoms with Gasteiger partial charge in [0.05, 0.1) is 0 Å². The van der Waals surface area contributed by atoms with Gasteiger partial charge in [-0.25, -0.2) is 0 Å². The van der Waals surface area contributed by atoms with Crippen molar-refractivity contribution in [2.45, 2.75) is 239 Å². The van der Waals surface area contributed by atoms with E-state index >= 15 is 0 Å². The highest BCUT2D eigenvalue weighted by Gasteiger charge is 2.19. The van der Waals surface area contributed by atoms with E-state index in [-0.39, 0.29) is 31.1 Å². The van der Waals surface area contributed by atoms with E-state index in [0.717, 1.165) is 109 Å². The van der Waals surface area contributed by atoms with Crippen molar-refractivity contribution in [2.24, 2.45) is 0 Å². The van der Waals surface area contributed by atoms with Gasteiger partial charge in [0, 0.05) is 19.3 Å². The average Bonchev–Trinajstić information content (AvgIpc) is 3.27. The summed E-state index contributed by atoms with van der Waals surface area (Å²) in [7, 11) is 0. The Kier molecular flexibility index (Phi) is 47.5. The van der Waals surface area contributed by atoms with Crippen molar-refractivity contribution in [2.75, 3.05) is 13.2 Å². The molecule has 0 saturated carbocycles. The van der Waals surface area contributed by atoms with Crippen molar-refractivity contribution in [3.63, 3.8) is 0 Å². The number of ether oxygens (including phenoxy) is 3. The molecule has 6 nitrogen and oxygen atoms in total. The average molecular weight is 863 g/mol. The molecular weight excluding hydrogens is 769 g/mol. The van der Waals surface area contributed by atoms with E-state index in [1.54, 1.807) is 0 Å². The third-order valence-electron chi connectivity index (χ3n) is 10.6. The summed E-state index contributed by atoms with van der Waals surface area (Å²) in [5.41, 5.74) is 0. The Hall–Kier alpha value is -3.41. The first-order valence-corrected chi connectivity index (χ1v) is 25.6. The molecular formula is C56H94O6. The molecule has 0 aromatic carbocycles. The summed E-state index contributed by atoms with van der Waals surface area (Å²) in [5, 5.41) is 0. The molecule has 0 aliphatic rings. The van der Waals surface area contributed by atoms with Crippen LogP contribution >= 0.6 is 0 Å². The monoisotopic (exact) mass is 863 g/mol. The molecule has 0 aromatic rings. The second-order valence-corrected chi connectivity index (χ2v) is 16.7. The molecule has 0 saturated heterocycles. The molecule has 0 amide bonds. The molecule has 0 rings (SSSR count). The minimum Gasteiger partial charge on any atom is -0.462 e. The van der Waals surface area contributed by atoms with Gasteiger partial charge in [0.15, 0.2) is 6.10 Å². The summed E-state index contributed by atoms with van der Waals surface area (Å²) in [6, 6.07) is 0. The minimum absolute atomic E-state index is 0.0890. The fourth-order valence-electron chi connectivity index (χ4n) is 6.86. The number of esters is 3. The maximum Gasteiger partial charge on any atom is 0.306 e. The van der Waals surface area contributed by atoms with Crippen LogP contribution in [-0.4, -0.2) is 37.2 Å². The Balaban J connectivity index is 4.26. The highest BCUT2D eigenvalue weighted by molar-refractivity contribution is 5.71. The molecule has 0 aliphatic carbocycles. The van der Waals surface area contributed by atoms with Crippen LogP contribution in [0.4, 0.5) is 0 Å². The molecule has 0 fully saturated rings. The van der Waals surface area contributed by atoms with Gasteiger partial charge >= 0.3 is 17.9 Å². The number of hydrogen-bond donors (Lipinski definition) is 0. The minimum atomic E-state index is -0.790. The first kappa shape index (κ1) is 58.6. The summed E-state index contributed by atoms with van der Waals surface area (Å²) in [5.74, 6) is -0.929. The predicted molar refractivity (Wildman–Crippen MR) is 265 cm³/mol. The van der Waals surface area contributed by atoms with Crippen molar-refractivity contribution in [1.29, 1.82) is 0 Å². The lowest BCUT2D eigenvalue weighted by Gasteiger charge is -2.18. The topological polar surface area (TPSA) is 78.9 Å². The zero-order valence-electron chi connectivity index (χ0n) is 40.4. The van der Waals surface area contributed by atoms with Gasteiger partial charge in [-0.3, -0.25) is 14.4 Å². The summed E-state index contributed by atoms with van der Waals surface area (Å²) < 4.78 is 16.7. The van der Waals surface area contributed by atoms with Gasteiger partial charge < -0.3 is 14.2 Å². The number of carbonyl (C=O) groups is 3. The van der Waals surface area contributed by atoms with Gasteiger partial charge in [0.25, 0.3) is 0 Å². The molecule has 0 N–H and O–H groups in total. The highest BCUT2D eigenvalue weighted by atomic mass is 16.6. The molecule has 0 aliphatic heterocycles. The molecule has 0 aromatic heterocycles. The number of allylic oxidation sites excluding steroid dienone is 14. The summed E-state index contributed by atoms with van der Waals surface area (Å²) in [4.78, 5) is 37.8. The molecule has 0 bridgehead atoms. The van der Waals surface area contributed by atoms with Crippen LogP contribution in [0.2, 0.25) is 0 Å². The third kappa shape index (κ3) is 47.6. The van der Waals surface area contributed by atoms with Crippen LogP contribution in [0.3, 0.4) is 0 Å². The number of unbranched alkanes of at least 4 members (excludes halogenated alkanes) is 20. The summed E-state index contributed by atoms with van der Waals surface area (Å²) in [6.45, 7) is 6.35. The fourth-order valence-corrected chi connectivity index (χ4v) is 6.86. The first-order valence-electron chi connectivity index (χ1n) is 25.6. The SMILES string of the molecule is CC/C=C\C/C=C\C/C=C\C/C=C\CCCCCCCCCCCCC(=O)OCC(COC(=O)CCCCCCCCCC)OC(=O)CCCCC/C=C\C/C=C\C/C=C\CC. The van der Waals surface area contributed by atoms with Crippen molar-refractivity contribution < 1.29 is 28.6 Å². The molecule has 0 radical (unpaired) electrons. The van der Waals surface area contributed by atoms with Crippen molar-refractivity contribution in [3.8, 4) is 0 Å². The molecule has 354 valence electrons. The van der Waals surface area contributed by atoms with Gasteiger partial charge in [-0.2, -0.15) is 0 Å². The lowest BCUT2D eigenvalue weighted by molar-refractivity contribution is -0.167. The van der Waals surface area contributed by atoms with E-state index in [2.05, 4.69) is 106 Å². The van der Waals surface area contributed by atoms with Crippen LogP contribution in [0.1, 0.15) is 233 Å². The zero-order valence-corrected chi connectivity index (χ0v) is 40.4. The Bertz CT molecular complexity index is 1220. The standard InChI is InChI=1S/C56H94O6/c1-4-7-10-13-16-19-21-23-24-25-26-27-28-29-30-31-32-34-35-37-40-43-46-49-55(58)61-52-53(51-60-54(57)48-45-42-39-18-15-12-9-6-3)62-56(59)50-47-44-41-38-36-33-22-20-17-14-11-8-5-2/h7-8,10-11,16-17,19-20,23-24,26-27,33,36,53H,4-6,9,12-15,18,21-22,25,28-32,34-35,37-52H2,1-3H3/b10-7-,11-8-,19-16-,20-17-,24-23-,27-26-,36-33-. The van der Waals surface area contributed by atoms with Crippen LogP contribution in [-0.2, 0) is 28.6 Å². The van der Waals surface area contributed by atoms with Gasteiger partial charge in [0.1, 0.15) is 13.2 Å². The second-order valence-electron chi connectivity index (χ2n) is 16.7. The predicted octanol–water partition coefficient (Wildman–Crippen LogP) is 16.8. The van der Waals surface area contributed by atoms with E-state index in [0.29, 0.717) is 19.3 Å². The van der Waals surface area contributed by atoms with E-state index in [4.69, 9.17) is 14.2 Å². The smallest absolute Gasteiger partial charge is 0.306 e. The van der Waals surface area contributed by atoms with Crippen LogP contribution < -0.4 is 0 Å². The number of rotatable bonds is 45. The maximum atomic E-state index is 12.7. The van der Waals surface area contributed by atoms with Crippen molar-refractivity contribution >= 4 is 17.9 Å². The second kappa shape index (κ2) is 50.2. The van der Waals surface area contributed by atoms with E-state index < -0.39 is 6.10 Å². The van der Waals surface area contributed by atoms with Crippen LogP contribution in [0, 0.1) is 0 Å². The maximum absolute atomic E-state index is 12.7. The number of hydrogen-bond acceptors (Lipinski definition) is 6. The Morgan fingerprint density at radius 1 is 0.339 bits per heavy atom. The highest BCUT2D eigenvalue weighted by Crippen LogP contribution is 2.14. The van der Waals surface area contributed by atoms with Crippen molar-refractivity contribution in [1.82, 2.24) is 0 Å². The Morgan fingerprint density at radius 2 is 0.629 bits per heavy atom. The molecule has 0 heterocycles. The van der Waals surface area contributed by atoms with Gasteiger partial charge in [-0.15, -0.1) is 0 Å². The van der Waals surface area contributed by atoms with E-state index in [9.17, 15) is 14.4 Å². The Morgan fingerprint density at radius 3 is 1.00 bits per heavy atom. The summed E-state index contributed by atoms with van der Waals surface area (Å²) >= 11 is 0. The fraction of sp³-hybridized carbons (Fsp3) is 0.696. The van der Waals surface area contributed by atoms with E-state index in [1.807, 2.05) is 0 Å². The molecule has 62 heavy (non-hydrogen) atoms. The van der Waals surface area contributed by atoms with Gasteiger partial charge in [-0.05, 0) is 89.9 Å².